The Hall–Kier alpha value is -4.29. The summed E-state index contributed by atoms with van der Waals surface area (Å²) in [5, 5.41) is 8.92. The molecule has 40 heavy (non-hydrogen) atoms. The Bertz CT molecular complexity index is 1290. The van der Waals surface area contributed by atoms with Crippen molar-refractivity contribution in [2.24, 2.45) is 0 Å². The average molecular weight is 543 g/mol. The van der Waals surface area contributed by atoms with Gasteiger partial charge < -0.3 is 24.1 Å². The van der Waals surface area contributed by atoms with Crippen LogP contribution in [0.2, 0.25) is 0 Å². The first-order valence-corrected chi connectivity index (χ1v) is 13.3. The van der Waals surface area contributed by atoms with Crippen LogP contribution < -0.4 is 9.47 Å². The summed E-state index contributed by atoms with van der Waals surface area (Å²) in [6, 6.07) is 22.7. The fourth-order valence-corrected chi connectivity index (χ4v) is 3.90. The Labute approximate surface area is 237 Å². The second-order valence-corrected chi connectivity index (χ2v) is 9.76. The monoisotopic (exact) mass is 542 g/mol. The molecule has 3 aromatic rings. The lowest BCUT2D eigenvalue weighted by Crippen LogP contribution is -2.35. The summed E-state index contributed by atoms with van der Waals surface area (Å²) in [4.78, 5) is 12.5. The molecule has 0 radical (unpaired) electrons. The van der Waals surface area contributed by atoms with Crippen molar-refractivity contribution in [3.63, 3.8) is 0 Å². The zero-order chi connectivity index (χ0) is 29.0. The zero-order valence-corrected chi connectivity index (χ0v) is 23.7. The summed E-state index contributed by atoms with van der Waals surface area (Å²) in [6.07, 6.45) is 9.44. The first-order valence-electron chi connectivity index (χ1n) is 13.3. The van der Waals surface area contributed by atoms with E-state index >= 15 is 0 Å². The molecule has 3 rings (SSSR count). The summed E-state index contributed by atoms with van der Waals surface area (Å²) < 4.78 is 22.2. The number of hydrogen-bond donors (Lipinski definition) is 1. The second-order valence-electron chi connectivity index (χ2n) is 9.76. The molecule has 2 atom stereocenters. The maximum absolute atomic E-state index is 12.5. The van der Waals surface area contributed by atoms with Gasteiger partial charge in [0.1, 0.15) is 17.1 Å². The normalized spacial score (nSPS) is 13.5. The van der Waals surface area contributed by atoms with Crippen LogP contribution in [0.5, 0.6) is 11.5 Å². The third-order valence-electron chi connectivity index (χ3n) is 6.45. The number of aliphatic hydroxyl groups is 1. The Kier molecular flexibility index (Phi) is 11.2. The van der Waals surface area contributed by atoms with Gasteiger partial charge in [0.2, 0.25) is 0 Å². The van der Waals surface area contributed by atoms with E-state index in [9.17, 15) is 4.79 Å². The summed E-state index contributed by atoms with van der Waals surface area (Å²) >= 11 is 0. The Morgan fingerprint density at radius 2 is 1.30 bits per heavy atom. The van der Waals surface area contributed by atoms with Crippen molar-refractivity contribution >= 4 is 24.4 Å². The molecule has 1 N–H and O–H groups in total. The second kappa shape index (κ2) is 14.8. The van der Waals surface area contributed by atoms with Crippen LogP contribution in [0, 0.1) is 0 Å². The molecule has 0 bridgehead atoms. The summed E-state index contributed by atoms with van der Waals surface area (Å²) in [5.74, 6) is 1.09. The largest absolute Gasteiger partial charge is 0.516 e. The highest BCUT2D eigenvalue weighted by Gasteiger charge is 2.32. The number of ether oxygens (including phenoxy) is 4. The van der Waals surface area contributed by atoms with E-state index in [1.807, 2.05) is 120 Å². The van der Waals surface area contributed by atoms with E-state index in [1.165, 1.54) is 0 Å². The van der Waals surface area contributed by atoms with Crippen molar-refractivity contribution in [3.05, 3.63) is 113 Å². The van der Waals surface area contributed by atoms with Crippen LogP contribution in [0.4, 0.5) is 4.79 Å². The third kappa shape index (κ3) is 9.47. The SMILES string of the molecule is CCOC(C)Oc1ccc(C=CC=Cc2ccc(OC(=O)OC(C)(C)C(C)c3ccc(C=CO)cc3)cc2)cc1. The molecule has 0 heterocycles. The molecule has 0 fully saturated rings. The van der Waals surface area contributed by atoms with Crippen LogP contribution in [0.15, 0.2) is 91.2 Å². The molecule has 0 saturated carbocycles. The van der Waals surface area contributed by atoms with Gasteiger partial charge in [0, 0.05) is 12.5 Å². The van der Waals surface area contributed by atoms with Gasteiger partial charge in [-0.2, -0.15) is 0 Å². The Balaban J connectivity index is 1.49. The highest BCUT2D eigenvalue weighted by molar-refractivity contribution is 5.65. The molecule has 0 aliphatic rings. The summed E-state index contributed by atoms with van der Waals surface area (Å²) in [6.45, 7) is 10.1. The molecular weight excluding hydrogens is 504 g/mol. The first kappa shape index (κ1) is 30.3. The van der Waals surface area contributed by atoms with Crippen LogP contribution in [-0.4, -0.2) is 29.8 Å². The molecule has 0 spiro atoms. The highest BCUT2D eigenvalue weighted by atomic mass is 16.7. The quantitative estimate of drug-likeness (QED) is 0.0810. The van der Waals surface area contributed by atoms with Gasteiger partial charge in [0.25, 0.3) is 0 Å². The van der Waals surface area contributed by atoms with Crippen molar-refractivity contribution in [1.29, 1.82) is 0 Å². The number of allylic oxidation sites excluding steroid dienone is 2. The molecule has 0 aliphatic carbocycles. The number of rotatable bonds is 12. The van der Waals surface area contributed by atoms with Crippen molar-refractivity contribution in [1.82, 2.24) is 0 Å². The molecule has 3 aromatic carbocycles. The standard InChI is InChI=1S/C34H38O6/c1-6-37-26(3)38-31-19-13-27(14-20-31)9-7-8-10-28-15-21-32(22-16-28)39-33(36)40-34(4,5)25(2)30-17-11-29(12-18-30)23-24-35/h7-26,35H,6H2,1-5H3. The number of hydrogen-bond acceptors (Lipinski definition) is 6. The van der Waals surface area contributed by atoms with Gasteiger partial charge in [-0.25, -0.2) is 4.79 Å². The van der Waals surface area contributed by atoms with Crippen molar-refractivity contribution in [3.8, 4) is 11.5 Å². The molecule has 210 valence electrons. The van der Waals surface area contributed by atoms with Crippen LogP contribution in [0.25, 0.3) is 18.2 Å². The average Bonchev–Trinajstić information content (AvgIpc) is 2.93. The van der Waals surface area contributed by atoms with Crippen LogP contribution in [0.3, 0.4) is 0 Å². The van der Waals surface area contributed by atoms with Gasteiger partial charge >= 0.3 is 6.16 Å². The minimum absolute atomic E-state index is 0.0804. The molecular formula is C34H38O6. The van der Waals surface area contributed by atoms with Crippen molar-refractivity contribution in [2.75, 3.05) is 6.61 Å². The lowest BCUT2D eigenvalue weighted by molar-refractivity contribution is -0.0613. The van der Waals surface area contributed by atoms with Crippen molar-refractivity contribution in [2.45, 2.75) is 52.4 Å². The molecule has 0 saturated heterocycles. The van der Waals surface area contributed by atoms with E-state index in [1.54, 1.807) is 18.2 Å². The zero-order valence-electron chi connectivity index (χ0n) is 23.7. The van der Waals surface area contributed by atoms with Gasteiger partial charge in [-0.3, -0.25) is 0 Å². The Morgan fingerprint density at radius 1 is 0.800 bits per heavy atom. The van der Waals surface area contributed by atoms with Crippen LogP contribution >= 0.6 is 0 Å². The van der Waals surface area contributed by atoms with Gasteiger partial charge in [0.15, 0.2) is 6.29 Å². The van der Waals surface area contributed by atoms with E-state index in [0.717, 1.165) is 34.3 Å². The number of carbonyl (C=O) groups excluding carboxylic acids is 1. The van der Waals surface area contributed by atoms with E-state index in [2.05, 4.69) is 0 Å². The maximum Gasteiger partial charge on any atom is 0.514 e. The summed E-state index contributed by atoms with van der Waals surface area (Å²) in [7, 11) is 0. The number of benzene rings is 3. The van der Waals surface area contributed by atoms with Gasteiger partial charge in [-0.15, -0.1) is 0 Å². The fraction of sp³-hybridized carbons (Fsp3) is 0.265. The lowest BCUT2D eigenvalue weighted by atomic mass is 9.86. The van der Waals surface area contributed by atoms with E-state index in [-0.39, 0.29) is 12.2 Å². The summed E-state index contributed by atoms with van der Waals surface area (Å²) in [5.41, 5.74) is 3.12. The van der Waals surface area contributed by atoms with E-state index < -0.39 is 11.8 Å². The predicted molar refractivity (Wildman–Crippen MR) is 160 cm³/mol. The molecule has 0 amide bonds. The van der Waals surface area contributed by atoms with Crippen LogP contribution in [0.1, 0.15) is 62.8 Å². The molecule has 0 aromatic heterocycles. The van der Waals surface area contributed by atoms with Gasteiger partial charge in [-0.1, -0.05) is 79.8 Å². The lowest BCUT2D eigenvalue weighted by Gasteiger charge is -2.31. The minimum Gasteiger partial charge on any atom is -0.516 e. The maximum atomic E-state index is 12.5. The Morgan fingerprint density at radius 3 is 1.82 bits per heavy atom. The predicted octanol–water partition coefficient (Wildman–Crippen LogP) is 8.80. The third-order valence-corrected chi connectivity index (χ3v) is 6.45. The van der Waals surface area contributed by atoms with Gasteiger partial charge in [0.05, 0.1) is 6.26 Å². The first-order chi connectivity index (χ1) is 19.2. The van der Waals surface area contributed by atoms with Crippen molar-refractivity contribution < 1.29 is 28.8 Å². The van der Waals surface area contributed by atoms with E-state index in [0.29, 0.717) is 12.4 Å². The van der Waals surface area contributed by atoms with E-state index in [4.69, 9.17) is 24.1 Å². The highest BCUT2D eigenvalue weighted by Crippen LogP contribution is 2.31. The molecule has 6 heteroatoms. The van der Waals surface area contributed by atoms with Crippen LogP contribution in [-0.2, 0) is 9.47 Å². The topological polar surface area (TPSA) is 74.2 Å². The fourth-order valence-electron chi connectivity index (χ4n) is 3.90. The number of aliphatic hydroxyl groups excluding tert-OH is 1. The minimum atomic E-state index is -0.796. The molecule has 6 nitrogen and oxygen atoms in total. The molecule has 0 aliphatic heterocycles. The smallest absolute Gasteiger partial charge is 0.514 e. The number of carbonyl (C=O) groups is 1. The van der Waals surface area contributed by atoms with Gasteiger partial charge in [-0.05, 0) is 80.3 Å². The molecule has 2 unspecified atom stereocenters.